The summed E-state index contributed by atoms with van der Waals surface area (Å²) in [6.07, 6.45) is 3.33. The van der Waals surface area contributed by atoms with Crippen LogP contribution >= 0.6 is 0 Å². The van der Waals surface area contributed by atoms with Crippen LogP contribution in [0.4, 0.5) is 4.39 Å². The highest BCUT2D eigenvalue weighted by molar-refractivity contribution is 5.83. The molecular weight excluding hydrogens is 345 g/mol. The Bertz CT molecular complexity index is 863. The first kappa shape index (κ1) is 17.7. The van der Waals surface area contributed by atoms with Crippen LogP contribution in [0, 0.1) is 17.1 Å². The Morgan fingerprint density at radius 1 is 1.11 bits per heavy atom. The maximum atomic E-state index is 13.5. The predicted octanol–water partition coefficient (Wildman–Crippen LogP) is 2.46. The van der Waals surface area contributed by atoms with E-state index in [-0.39, 0.29) is 11.7 Å². The highest BCUT2D eigenvalue weighted by Gasteiger charge is 2.34. The zero-order valence-electron chi connectivity index (χ0n) is 15.1. The van der Waals surface area contributed by atoms with E-state index in [9.17, 15) is 9.18 Å². The average molecular weight is 367 g/mol. The van der Waals surface area contributed by atoms with Crippen molar-refractivity contribution in [1.82, 2.24) is 19.6 Å². The van der Waals surface area contributed by atoms with E-state index in [1.54, 1.807) is 22.9 Å². The minimum atomic E-state index is -0.393. The van der Waals surface area contributed by atoms with E-state index in [2.05, 4.69) is 16.1 Å². The van der Waals surface area contributed by atoms with E-state index >= 15 is 0 Å². The second-order valence-electron chi connectivity index (χ2n) is 7.17. The number of aromatic nitrogens is 2. The topological polar surface area (TPSA) is 65.2 Å². The van der Waals surface area contributed by atoms with Gasteiger partial charge in [0.15, 0.2) is 5.69 Å². The molecule has 0 spiro atoms. The molecule has 2 aromatic rings. The van der Waals surface area contributed by atoms with Crippen molar-refractivity contribution in [1.29, 1.82) is 5.26 Å². The van der Waals surface area contributed by atoms with Crippen LogP contribution in [0.3, 0.4) is 0 Å². The number of nitriles is 1. The van der Waals surface area contributed by atoms with Crippen LogP contribution in [0.2, 0.25) is 0 Å². The molecule has 0 saturated carbocycles. The first-order valence-corrected chi connectivity index (χ1v) is 9.41. The predicted molar refractivity (Wildman–Crippen MR) is 96.9 cm³/mol. The van der Waals surface area contributed by atoms with Gasteiger partial charge in [0.05, 0.1) is 18.8 Å². The van der Waals surface area contributed by atoms with Gasteiger partial charge in [-0.3, -0.25) is 14.4 Å². The number of nitrogens with zero attached hydrogens (tertiary/aromatic N) is 5. The number of hydrogen-bond acceptors (Lipinski definition) is 4. The molecule has 1 unspecified atom stereocenters. The number of rotatable bonds is 3. The smallest absolute Gasteiger partial charge is 0.244 e. The second kappa shape index (κ2) is 7.49. The van der Waals surface area contributed by atoms with Gasteiger partial charge in [-0.05, 0) is 49.7 Å². The summed E-state index contributed by atoms with van der Waals surface area (Å²) >= 11 is 0. The molecule has 0 radical (unpaired) electrons. The number of amides is 1. The van der Waals surface area contributed by atoms with Crippen molar-refractivity contribution < 1.29 is 9.18 Å². The van der Waals surface area contributed by atoms with Crippen molar-refractivity contribution >= 4 is 5.91 Å². The van der Waals surface area contributed by atoms with E-state index in [1.807, 2.05) is 4.90 Å². The maximum absolute atomic E-state index is 13.5. The monoisotopic (exact) mass is 367 g/mol. The number of piperidine rings is 1. The highest BCUT2D eigenvalue weighted by Crippen LogP contribution is 2.28. The lowest BCUT2D eigenvalue weighted by molar-refractivity contribution is -0.139. The van der Waals surface area contributed by atoms with Gasteiger partial charge in [-0.2, -0.15) is 10.4 Å². The van der Waals surface area contributed by atoms with E-state index in [0.29, 0.717) is 25.3 Å². The first-order chi connectivity index (χ1) is 13.2. The summed E-state index contributed by atoms with van der Waals surface area (Å²) in [5.74, 6) is -0.260. The number of likely N-dealkylation sites (tertiary alicyclic amines) is 1. The zero-order chi connectivity index (χ0) is 18.8. The number of benzene rings is 1. The van der Waals surface area contributed by atoms with Crippen molar-refractivity contribution in [2.45, 2.75) is 38.4 Å². The summed E-state index contributed by atoms with van der Waals surface area (Å²) in [4.78, 5) is 17.5. The van der Waals surface area contributed by atoms with Crippen LogP contribution in [-0.2, 0) is 17.9 Å². The van der Waals surface area contributed by atoms with Gasteiger partial charge < -0.3 is 4.90 Å². The zero-order valence-corrected chi connectivity index (χ0v) is 15.1. The molecule has 1 saturated heterocycles. The lowest BCUT2D eigenvalue weighted by Crippen LogP contribution is -2.47. The Kier molecular flexibility index (Phi) is 4.90. The molecule has 4 rings (SSSR count). The minimum Gasteiger partial charge on any atom is -0.333 e. The Morgan fingerprint density at radius 3 is 2.56 bits per heavy atom. The molecule has 0 aliphatic carbocycles. The van der Waals surface area contributed by atoms with Crippen LogP contribution in [0.25, 0.3) is 0 Å². The molecule has 0 bridgehead atoms. The molecular formula is C20H22FN5O. The van der Waals surface area contributed by atoms with Crippen molar-refractivity contribution in [3.63, 3.8) is 0 Å². The van der Waals surface area contributed by atoms with Crippen LogP contribution in [0.15, 0.2) is 30.3 Å². The highest BCUT2D eigenvalue weighted by atomic mass is 19.1. The number of carbonyl (C=O) groups excluding carboxylic acids is 1. The molecule has 1 atom stereocenters. The Labute approximate surface area is 157 Å². The van der Waals surface area contributed by atoms with Crippen LogP contribution in [-0.4, -0.2) is 45.1 Å². The third-order valence-corrected chi connectivity index (χ3v) is 5.40. The fourth-order valence-electron chi connectivity index (χ4n) is 4.01. The lowest BCUT2D eigenvalue weighted by atomic mass is 10.00. The van der Waals surface area contributed by atoms with E-state index in [1.165, 1.54) is 18.6 Å². The molecule has 1 aromatic heterocycles. The Morgan fingerprint density at radius 2 is 1.85 bits per heavy atom. The molecule has 1 amide bonds. The maximum Gasteiger partial charge on any atom is 0.244 e. The van der Waals surface area contributed by atoms with E-state index in [4.69, 9.17) is 5.26 Å². The summed E-state index contributed by atoms with van der Waals surface area (Å²) in [7, 11) is 0. The van der Waals surface area contributed by atoms with Gasteiger partial charge in [0.25, 0.3) is 0 Å². The van der Waals surface area contributed by atoms with E-state index in [0.717, 1.165) is 37.2 Å². The quantitative estimate of drug-likeness (QED) is 0.836. The summed E-state index contributed by atoms with van der Waals surface area (Å²) in [6.45, 7) is 3.33. The standard InChI is InChI=1S/C20H22FN5O/c21-16-6-4-15(5-7-16)19(24-8-2-1-3-9-24)20(27)25-10-11-26-18(14-25)12-17(13-22)23-26/h4-7,12,19H,1-3,8-11,14H2. The van der Waals surface area contributed by atoms with Crippen molar-refractivity contribution in [3.05, 3.63) is 53.1 Å². The van der Waals surface area contributed by atoms with Gasteiger partial charge in [-0.1, -0.05) is 18.6 Å². The Hall–Kier alpha value is -2.72. The number of carbonyl (C=O) groups is 1. The van der Waals surface area contributed by atoms with Gasteiger partial charge >= 0.3 is 0 Å². The molecule has 3 heterocycles. The molecule has 1 aromatic carbocycles. The van der Waals surface area contributed by atoms with Crippen LogP contribution in [0.1, 0.15) is 42.3 Å². The van der Waals surface area contributed by atoms with Gasteiger partial charge in [0, 0.05) is 6.54 Å². The molecule has 2 aliphatic rings. The first-order valence-electron chi connectivity index (χ1n) is 9.41. The number of fused-ring (bicyclic) bond motifs is 1. The summed E-state index contributed by atoms with van der Waals surface area (Å²) in [5.41, 5.74) is 2.09. The average Bonchev–Trinajstić information content (AvgIpc) is 3.13. The third-order valence-electron chi connectivity index (χ3n) is 5.40. The van der Waals surface area contributed by atoms with Crippen LogP contribution < -0.4 is 0 Å². The van der Waals surface area contributed by atoms with Gasteiger partial charge in [-0.25, -0.2) is 4.39 Å². The van der Waals surface area contributed by atoms with Gasteiger partial charge in [-0.15, -0.1) is 0 Å². The summed E-state index contributed by atoms with van der Waals surface area (Å²) in [6, 6.07) is 9.68. The molecule has 0 N–H and O–H groups in total. The number of hydrogen-bond donors (Lipinski definition) is 0. The third kappa shape index (κ3) is 3.58. The fourth-order valence-corrected chi connectivity index (χ4v) is 4.01. The molecule has 7 heteroatoms. The largest absolute Gasteiger partial charge is 0.333 e. The fraction of sp³-hybridized carbons (Fsp3) is 0.450. The van der Waals surface area contributed by atoms with Gasteiger partial charge in [0.1, 0.15) is 17.9 Å². The molecule has 6 nitrogen and oxygen atoms in total. The van der Waals surface area contributed by atoms with Crippen molar-refractivity contribution in [2.75, 3.05) is 19.6 Å². The summed E-state index contributed by atoms with van der Waals surface area (Å²) in [5, 5.41) is 13.3. The summed E-state index contributed by atoms with van der Waals surface area (Å²) < 4.78 is 15.2. The normalized spacial score (nSPS) is 18.6. The molecule has 1 fully saturated rings. The minimum absolute atomic E-state index is 0.0365. The Balaban J connectivity index is 1.60. The molecule has 2 aliphatic heterocycles. The molecule has 140 valence electrons. The lowest BCUT2D eigenvalue weighted by Gasteiger charge is -2.38. The van der Waals surface area contributed by atoms with Crippen LogP contribution in [0.5, 0.6) is 0 Å². The van der Waals surface area contributed by atoms with E-state index < -0.39 is 6.04 Å². The molecule has 27 heavy (non-hydrogen) atoms. The van der Waals surface area contributed by atoms with Crippen molar-refractivity contribution in [3.8, 4) is 6.07 Å². The van der Waals surface area contributed by atoms with Gasteiger partial charge in [0.2, 0.25) is 5.91 Å². The van der Waals surface area contributed by atoms with Crippen molar-refractivity contribution in [2.24, 2.45) is 0 Å². The number of halogens is 1. The second-order valence-corrected chi connectivity index (χ2v) is 7.17. The SMILES string of the molecule is N#Cc1cc2n(n1)CCN(C(=O)C(c1ccc(F)cc1)N1CCCCC1)C2.